The Morgan fingerprint density at radius 3 is 2.55 bits per heavy atom. The second-order valence-corrected chi connectivity index (χ2v) is 5.59. The summed E-state index contributed by atoms with van der Waals surface area (Å²) in [5.41, 5.74) is 2.01. The summed E-state index contributed by atoms with van der Waals surface area (Å²) in [5, 5.41) is 4.53. The first kappa shape index (κ1) is 13.3. The highest BCUT2D eigenvalue weighted by molar-refractivity contribution is 9.10. The SMILES string of the molecule is Clc1nc(NCc2ccc(Br)cc2)c2ccccc2n1. The van der Waals surface area contributed by atoms with Crippen LogP contribution < -0.4 is 5.32 Å². The van der Waals surface area contributed by atoms with Crippen LogP contribution in [0.1, 0.15) is 5.56 Å². The maximum Gasteiger partial charge on any atom is 0.224 e. The monoisotopic (exact) mass is 347 g/mol. The van der Waals surface area contributed by atoms with Crippen LogP contribution in [0.2, 0.25) is 5.28 Å². The van der Waals surface area contributed by atoms with E-state index in [4.69, 9.17) is 11.6 Å². The zero-order valence-electron chi connectivity index (χ0n) is 10.5. The Morgan fingerprint density at radius 1 is 1.00 bits per heavy atom. The van der Waals surface area contributed by atoms with Crippen LogP contribution in [0.4, 0.5) is 5.82 Å². The molecule has 1 aromatic heterocycles. The van der Waals surface area contributed by atoms with E-state index >= 15 is 0 Å². The third-order valence-corrected chi connectivity index (χ3v) is 3.65. The molecule has 100 valence electrons. The molecule has 0 fully saturated rings. The van der Waals surface area contributed by atoms with Crippen LogP contribution in [0.15, 0.2) is 53.0 Å². The largest absolute Gasteiger partial charge is 0.365 e. The molecule has 0 aliphatic carbocycles. The molecule has 5 heteroatoms. The van der Waals surface area contributed by atoms with Crippen molar-refractivity contribution in [2.45, 2.75) is 6.54 Å². The number of nitrogens with zero attached hydrogens (tertiary/aromatic N) is 2. The highest BCUT2D eigenvalue weighted by atomic mass is 79.9. The van der Waals surface area contributed by atoms with Crippen molar-refractivity contribution in [1.29, 1.82) is 0 Å². The molecule has 3 nitrogen and oxygen atoms in total. The Morgan fingerprint density at radius 2 is 1.75 bits per heavy atom. The molecule has 0 amide bonds. The van der Waals surface area contributed by atoms with Gasteiger partial charge in [0.1, 0.15) is 5.82 Å². The number of nitrogens with one attached hydrogen (secondary N) is 1. The zero-order chi connectivity index (χ0) is 13.9. The first-order chi connectivity index (χ1) is 9.72. The van der Waals surface area contributed by atoms with Gasteiger partial charge >= 0.3 is 0 Å². The average molecular weight is 349 g/mol. The molecule has 1 heterocycles. The van der Waals surface area contributed by atoms with Crippen molar-refractivity contribution in [2.24, 2.45) is 0 Å². The van der Waals surface area contributed by atoms with E-state index in [0.717, 1.165) is 21.2 Å². The predicted octanol–water partition coefficient (Wildman–Crippen LogP) is 4.66. The van der Waals surface area contributed by atoms with E-state index in [1.165, 1.54) is 5.56 Å². The molecular weight excluding hydrogens is 338 g/mol. The van der Waals surface area contributed by atoms with Gasteiger partial charge in [0.25, 0.3) is 0 Å². The van der Waals surface area contributed by atoms with E-state index in [-0.39, 0.29) is 5.28 Å². The van der Waals surface area contributed by atoms with Crippen molar-refractivity contribution in [3.05, 3.63) is 63.9 Å². The van der Waals surface area contributed by atoms with Gasteiger partial charge in [0.2, 0.25) is 5.28 Å². The fourth-order valence-corrected chi connectivity index (χ4v) is 2.41. The van der Waals surface area contributed by atoms with Gasteiger partial charge < -0.3 is 5.32 Å². The molecule has 0 spiro atoms. The topological polar surface area (TPSA) is 37.8 Å². The van der Waals surface area contributed by atoms with E-state index in [9.17, 15) is 0 Å². The van der Waals surface area contributed by atoms with Gasteiger partial charge in [0.05, 0.1) is 5.52 Å². The van der Waals surface area contributed by atoms with E-state index in [2.05, 4.69) is 43.3 Å². The van der Waals surface area contributed by atoms with Crippen LogP contribution in [0.25, 0.3) is 10.9 Å². The third kappa shape index (κ3) is 2.92. The fourth-order valence-electron chi connectivity index (χ4n) is 1.97. The molecule has 3 rings (SSSR count). The number of halogens is 2. The van der Waals surface area contributed by atoms with Crippen molar-refractivity contribution in [3.63, 3.8) is 0 Å². The summed E-state index contributed by atoms with van der Waals surface area (Å²) in [6.07, 6.45) is 0. The second-order valence-electron chi connectivity index (χ2n) is 4.34. The van der Waals surface area contributed by atoms with Crippen LogP contribution in [-0.4, -0.2) is 9.97 Å². The van der Waals surface area contributed by atoms with Gasteiger partial charge in [-0.3, -0.25) is 0 Å². The maximum atomic E-state index is 5.96. The van der Waals surface area contributed by atoms with Crippen LogP contribution in [0, 0.1) is 0 Å². The van der Waals surface area contributed by atoms with Crippen LogP contribution in [-0.2, 0) is 6.54 Å². The summed E-state index contributed by atoms with van der Waals surface area (Å²) in [6.45, 7) is 0.685. The molecule has 0 saturated heterocycles. The van der Waals surface area contributed by atoms with Gasteiger partial charge in [0, 0.05) is 16.4 Å². The van der Waals surface area contributed by atoms with Crippen molar-refractivity contribution < 1.29 is 0 Å². The van der Waals surface area contributed by atoms with Gasteiger partial charge in [-0.2, -0.15) is 0 Å². The molecule has 0 saturated carbocycles. The lowest BCUT2D eigenvalue weighted by atomic mass is 10.2. The standard InChI is InChI=1S/C15H11BrClN3/c16-11-7-5-10(6-8-11)9-18-14-12-3-1-2-4-13(12)19-15(17)20-14/h1-8H,9H2,(H,18,19,20). The molecule has 2 aromatic carbocycles. The van der Waals surface area contributed by atoms with E-state index in [0.29, 0.717) is 6.54 Å². The number of benzene rings is 2. The van der Waals surface area contributed by atoms with Gasteiger partial charge in [-0.1, -0.05) is 40.2 Å². The summed E-state index contributed by atoms with van der Waals surface area (Å²) < 4.78 is 1.07. The molecule has 1 N–H and O–H groups in total. The minimum atomic E-state index is 0.252. The summed E-state index contributed by atoms with van der Waals surface area (Å²) in [5.74, 6) is 0.753. The lowest BCUT2D eigenvalue weighted by molar-refractivity contribution is 1.10. The number of fused-ring (bicyclic) bond motifs is 1. The Kier molecular flexibility index (Phi) is 3.85. The summed E-state index contributed by atoms with van der Waals surface area (Å²) in [4.78, 5) is 8.48. The first-order valence-electron chi connectivity index (χ1n) is 6.13. The van der Waals surface area contributed by atoms with Crippen molar-refractivity contribution in [1.82, 2.24) is 9.97 Å². The minimum Gasteiger partial charge on any atom is -0.365 e. The Hall–Kier alpha value is -1.65. The van der Waals surface area contributed by atoms with Crippen LogP contribution in [0.5, 0.6) is 0 Å². The van der Waals surface area contributed by atoms with Crippen molar-refractivity contribution in [3.8, 4) is 0 Å². The quantitative estimate of drug-likeness (QED) is 0.700. The molecule has 0 radical (unpaired) electrons. The van der Waals surface area contributed by atoms with E-state index in [1.807, 2.05) is 36.4 Å². The Bertz CT molecular complexity index is 744. The summed E-state index contributed by atoms with van der Waals surface area (Å²) in [6, 6.07) is 16.0. The predicted molar refractivity (Wildman–Crippen MR) is 86.0 cm³/mol. The number of rotatable bonds is 3. The van der Waals surface area contributed by atoms with Crippen molar-refractivity contribution >= 4 is 44.3 Å². The summed E-state index contributed by atoms with van der Waals surface area (Å²) in [7, 11) is 0. The average Bonchev–Trinajstić information content (AvgIpc) is 2.46. The zero-order valence-corrected chi connectivity index (χ0v) is 12.8. The van der Waals surface area contributed by atoms with Gasteiger partial charge in [-0.05, 0) is 41.4 Å². The second kappa shape index (κ2) is 5.77. The van der Waals surface area contributed by atoms with E-state index < -0.39 is 0 Å². The number of hydrogen-bond acceptors (Lipinski definition) is 3. The molecule has 0 aliphatic heterocycles. The lowest BCUT2D eigenvalue weighted by Gasteiger charge is -2.09. The molecule has 0 unspecified atom stereocenters. The fraction of sp³-hybridized carbons (Fsp3) is 0.0667. The Balaban J connectivity index is 1.88. The number of para-hydroxylation sites is 1. The van der Waals surface area contributed by atoms with Gasteiger partial charge in [-0.15, -0.1) is 0 Å². The molecule has 20 heavy (non-hydrogen) atoms. The van der Waals surface area contributed by atoms with Crippen molar-refractivity contribution in [2.75, 3.05) is 5.32 Å². The molecule has 3 aromatic rings. The summed E-state index contributed by atoms with van der Waals surface area (Å²) >= 11 is 9.38. The normalized spacial score (nSPS) is 10.7. The van der Waals surface area contributed by atoms with E-state index in [1.54, 1.807) is 0 Å². The molecule has 0 bridgehead atoms. The maximum absolute atomic E-state index is 5.96. The lowest BCUT2D eigenvalue weighted by Crippen LogP contribution is -2.03. The third-order valence-electron chi connectivity index (χ3n) is 2.95. The number of hydrogen-bond donors (Lipinski definition) is 1. The van der Waals surface area contributed by atoms with Gasteiger partial charge in [-0.25, -0.2) is 9.97 Å². The van der Waals surface area contributed by atoms with Crippen LogP contribution in [0.3, 0.4) is 0 Å². The number of anilines is 1. The van der Waals surface area contributed by atoms with Gasteiger partial charge in [0.15, 0.2) is 0 Å². The molecule has 0 atom stereocenters. The first-order valence-corrected chi connectivity index (χ1v) is 7.30. The molecule has 0 aliphatic rings. The minimum absolute atomic E-state index is 0.252. The van der Waals surface area contributed by atoms with Crippen LogP contribution >= 0.6 is 27.5 Å². The number of aromatic nitrogens is 2. The highest BCUT2D eigenvalue weighted by Gasteiger charge is 2.05. The smallest absolute Gasteiger partial charge is 0.224 e. The Labute approximate surface area is 130 Å². The molecular formula is C15H11BrClN3. The highest BCUT2D eigenvalue weighted by Crippen LogP contribution is 2.22.